The number of para-hydroxylation sites is 1. The van der Waals surface area contributed by atoms with E-state index in [1.807, 2.05) is 60.0 Å². The maximum Gasteiger partial charge on any atom is 0.290 e. The summed E-state index contributed by atoms with van der Waals surface area (Å²) < 4.78 is 1.81. The minimum absolute atomic E-state index is 0.0552. The number of nitrogens with one attached hydrogen (secondary N) is 2. The largest absolute Gasteiger partial charge is 0.334 e. The van der Waals surface area contributed by atoms with Crippen molar-refractivity contribution in [1.82, 2.24) is 30.0 Å². The Morgan fingerprint density at radius 3 is 2.78 bits per heavy atom. The maximum atomic E-state index is 13.0. The van der Waals surface area contributed by atoms with Crippen LogP contribution in [0.5, 0.6) is 0 Å². The van der Waals surface area contributed by atoms with Gasteiger partial charge in [0.1, 0.15) is 0 Å². The second-order valence-electron chi connectivity index (χ2n) is 7.11. The molecule has 3 aromatic rings. The van der Waals surface area contributed by atoms with Crippen LogP contribution < -0.4 is 5.32 Å². The predicted molar refractivity (Wildman–Crippen MR) is 104 cm³/mol. The van der Waals surface area contributed by atoms with Gasteiger partial charge in [0.05, 0.1) is 23.8 Å². The van der Waals surface area contributed by atoms with Gasteiger partial charge in [0, 0.05) is 30.4 Å². The first kappa shape index (κ1) is 17.5. The molecule has 0 bridgehead atoms. The SMILES string of the molecule is CC(C)N(C(=O)c1ncc(-c2cnn(-c3ccccc3)c2)[nH]1)[C@H]1CCNC1. The molecule has 7 heteroatoms. The van der Waals surface area contributed by atoms with Crippen molar-refractivity contribution < 1.29 is 4.79 Å². The number of carbonyl (C=O) groups excluding carboxylic acids is 1. The molecule has 2 aromatic heterocycles. The van der Waals surface area contributed by atoms with Crippen LogP contribution in [-0.4, -0.2) is 55.7 Å². The third-order valence-corrected chi connectivity index (χ3v) is 4.91. The predicted octanol–water partition coefficient (Wildman–Crippen LogP) is 2.47. The molecule has 3 heterocycles. The fraction of sp³-hybridized carbons (Fsp3) is 0.350. The molecule has 0 radical (unpaired) electrons. The highest BCUT2D eigenvalue weighted by molar-refractivity contribution is 5.91. The van der Waals surface area contributed by atoms with Crippen molar-refractivity contribution in [2.24, 2.45) is 0 Å². The molecule has 2 N–H and O–H groups in total. The first-order chi connectivity index (χ1) is 13.1. The van der Waals surface area contributed by atoms with E-state index in [2.05, 4.69) is 20.4 Å². The van der Waals surface area contributed by atoms with E-state index >= 15 is 0 Å². The Morgan fingerprint density at radius 1 is 1.26 bits per heavy atom. The van der Waals surface area contributed by atoms with Crippen LogP contribution in [0.15, 0.2) is 48.9 Å². The lowest BCUT2D eigenvalue weighted by atomic mass is 10.1. The molecule has 1 saturated heterocycles. The summed E-state index contributed by atoms with van der Waals surface area (Å²) >= 11 is 0. The summed E-state index contributed by atoms with van der Waals surface area (Å²) in [6.07, 6.45) is 6.38. The van der Waals surface area contributed by atoms with E-state index in [0.29, 0.717) is 5.82 Å². The number of aromatic amines is 1. The maximum absolute atomic E-state index is 13.0. The molecule has 7 nitrogen and oxygen atoms in total. The lowest BCUT2D eigenvalue weighted by Crippen LogP contribution is -2.46. The first-order valence-electron chi connectivity index (χ1n) is 9.32. The molecule has 0 aliphatic carbocycles. The second-order valence-corrected chi connectivity index (χ2v) is 7.11. The number of hydrogen-bond donors (Lipinski definition) is 2. The average molecular weight is 364 g/mol. The van der Waals surface area contributed by atoms with Gasteiger partial charge < -0.3 is 15.2 Å². The summed E-state index contributed by atoms with van der Waals surface area (Å²) in [5.41, 5.74) is 2.66. The van der Waals surface area contributed by atoms with Gasteiger partial charge in [-0.05, 0) is 38.9 Å². The number of hydrogen-bond acceptors (Lipinski definition) is 4. The van der Waals surface area contributed by atoms with Crippen LogP contribution in [0.25, 0.3) is 16.9 Å². The van der Waals surface area contributed by atoms with Crippen molar-refractivity contribution in [2.75, 3.05) is 13.1 Å². The zero-order valence-electron chi connectivity index (χ0n) is 15.6. The van der Waals surface area contributed by atoms with Crippen molar-refractivity contribution in [3.8, 4) is 16.9 Å². The second kappa shape index (κ2) is 7.36. The number of carbonyl (C=O) groups is 1. The van der Waals surface area contributed by atoms with Gasteiger partial charge >= 0.3 is 0 Å². The lowest BCUT2D eigenvalue weighted by Gasteiger charge is -2.31. The summed E-state index contributed by atoms with van der Waals surface area (Å²) in [6.45, 7) is 5.87. The van der Waals surface area contributed by atoms with Gasteiger partial charge in [0.25, 0.3) is 5.91 Å². The molecule has 0 spiro atoms. The Morgan fingerprint density at radius 2 is 2.07 bits per heavy atom. The Balaban J connectivity index is 1.56. The number of benzene rings is 1. The van der Waals surface area contributed by atoms with E-state index in [1.165, 1.54) is 0 Å². The molecule has 1 aliphatic heterocycles. The van der Waals surface area contributed by atoms with Crippen LogP contribution in [0.1, 0.15) is 30.9 Å². The number of amides is 1. The minimum atomic E-state index is -0.0552. The number of H-pyrrole nitrogens is 1. The molecule has 140 valence electrons. The monoisotopic (exact) mass is 364 g/mol. The molecule has 1 atom stereocenters. The molecular weight excluding hydrogens is 340 g/mol. The zero-order valence-corrected chi connectivity index (χ0v) is 15.6. The quantitative estimate of drug-likeness (QED) is 0.729. The summed E-state index contributed by atoms with van der Waals surface area (Å²) in [5.74, 6) is 0.318. The highest BCUT2D eigenvalue weighted by Gasteiger charge is 2.30. The highest BCUT2D eigenvalue weighted by atomic mass is 16.2. The van der Waals surface area contributed by atoms with Crippen LogP contribution in [0.4, 0.5) is 0 Å². The van der Waals surface area contributed by atoms with Gasteiger partial charge in [-0.1, -0.05) is 18.2 Å². The van der Waals surface area contributed by atoms with E-state index in [9.17, 15) is 4.79 Å². The normalized spacial score (nSPS) is 16.8. The van der Waals surface area contributed by atoms with E-state index in [4.69, 9.17) is 0 Å². The van der Waals surface area contributed by atoms with E-state index in [1.54, 1.807) is 12.4 Å². The molecule has 27 heavy (non-hydrogen) atoms. The average Bonchev–Trinajstić information content (AvgIpc) is 3.42. The van der Waals surface area contributed by atoms with Crippen LogP contribution in [-0.2, 0) is 0 Å². The van der Waals surface area contributed by atoms with Crippen molar-refractivity contribution in [3.05, 3.63) is 54.7 Å². The third-order valence-electron chi connectivity index (χ3n) is 4.91. The summed E-state index contributed by atoms with van der Waals surface area (Å²) in [6, 6.07) is 10.2. The van der Waals surface area contributed by atoms with Gasteiger partial charge in [-0.2, -0.15) is 5.10 Å². The van der Waals surface area contributed by atoms with E-state index in [0.717, 1.165) is 36.5 Å². The zero-order chi connectivity index (χ0) is 18.8. The van der Waals surface area contributed by atoms with Crippen LogP contribution in [0.2, 0.25) is 0 Å². The summed E-state index contributed by atoms with van der Waals surface area (Å²) in [4.78, 5) is 22.5. The van der Waals surface area contributed by atoms with Crippen molar-refractivity contribution in [1.29, 1.82) is 0 Å². The lowest BCUT2D eigenvalue weighted by molar-refractivity contribution is 0.0615. The molecule has 1 aromatic carbocycles. The smallest absolute Gasteiger partial charge is 0.290 e. The molecule has 0 unspecified atom stereocenters. The van der Waals surface area contributed by atoms with Crippen LogP contribution in [0.3, 0.4) is 0 Å². The van der Waals surface area contributed by atoms with E-state index < -0.39 is 0 Å². The summed E-state index contributed by atoms with van der Waals surface area (Å²) in [7, 11) is 0. The van der Waals surface area contributed by atoms with Crippen molar-refractivity contribution in [3.63, 3.8) is 0 Å². The van der Waals surface area contributed by atoms with Gasteiger partial charge in [-0.3, -0.25) is 4.79 Å². The molecule has 1 amide bonds. The fourth-order valence-corrected chi connectivity index (χ4v) is 3.58. The molecule has 1 aliphatic rings. The Bertz CT molecular complexity index is 907. The Hall–Kier alpha value is -2.93. The van der Waals surface area contributed by atoms with Crippen LogP contribution >= 0.6 is 0 Å². The van der Waals surface area contributed by atoms with Gasteiger partial charge in [-0.25, -0.2) is 9.67 Å². The Kier molecular flexibility index (Phi) is 4.77. The fourth-order valence-electron chi connectivity index (χ4n) is 3.58. The number of rotatable bonds is 5. The minimum Gasteiger partial charge on any atom is -0.334 e. The third kappa shape index (κ3) is 3.50. The Labute approximate surface area is 158 Å². The number of aromatic nitrogens is 4. The van der Waals surface area contributed by atoms with Gasteiger partial charge in [-0.15, -0.1) is 0 Å². The van der Waals surface area contributed by atoms with Crippen LogP contribution in [0, 0.1) is 0 Å². The van der Waals surface area contributed by atoms with Gasteiger partial charge in [0.2, 0.25) is 0 Å². The highest BCUT2D eigenvalue weighted by Crippen LogP contribution is 2.20. The van der Waals surface area contributed by atoms with Crippen molar-refractivity contribution >= 4 is 5.91 Å². The standard InChI is InChI=1S/C20H24N6O/c1-14(2)26(17-8-9-21-11-17)20(27)19-22-12-18(24-19)15-10-23-25(13-15)16-6-4-3-5-7-16/h3-7,10,12-14,17,21H,8-9,11H2,1-2H3,(H,22,24)/t17-/m0/s1. The molecule has 4 rings (SSSR count). The summed E-state index contributed by atoms with van der Waals surface area (Å²) in [5, 5.41) is 7.74. The van der Waals surface area contributed by atoms with Gasteiger partial charge in [0.15, 0.2) is 5.82 Å². The number of nitrogens with zero attached hydrogens (tertiary/aromatic N) is 4. The van der Waals surface area contributed by atoms with E-state index in [-0.39, 0.29) is 18.0 Å². The molecular formula is C20H24N6O. The van der Waals surface area contributed by atoms with Crippen molar-refractivity contribution in [2.45, 2.75) is 32.4 Å². The molecule has 0 saturated carbocycles. The topological polar surface area (TPSA) is 78.8 Å². The number of imidazole rings is 1. The first-order valence-corrected chi connectivity index (χ1v) is 9.32. The molecule has 1 fully saturated rings.